The summed E-state index contributed by atoms with van der Waals surface area (Å²) in [4.78, 5) is 13.5. The molecule has 0 radical (unpaired) electrons. The highest BCUT2D eigenvalue weighted by molar-refractivity contribution is 7.09. The fraction of sp³-hybridized carbons (Fsp3) is 0.533. The maximum atomic E-state index is 4.60. The Kier molecular flexibility index (Phi) is 5.92. The molecule has 0 aliphatic heterocycles. The fourth-order valence-electron chi connectivity index (χ4n) is 1.98. The first kappa shape index (κ1) is 15.7. The predicted molar refractivity (Wildman–Crippen MR) is 89.0 cm³/mol. The van der Waals surface area contributed by atoms with Gasteiger partial charge >= 0.3 is 0 Å². The number of aromatic nitrogens is 3. The summed E-state index contributed by atoms with van der Waals surface area (Å²) >= 11 is 1.65. The predicted octanol–water partition coefficient (Wildman–Crippen LogP) is 3.88. The van der Waals surface area contributed by atoms with E-state index in [-0.39, 0.29) is 6.04 Å². The van der Waals surface area contributed by atoms with Crippen LogP contribution in [0.1, 0.15) is 50.5 Å². The van der Waals surface area contributed by atoms with E-state index in [1.54, 1.807) is 11.3 Å². The first-order valence-corrected chi connectivity index (χ1v) is 8.38. The van der Waals surface area contributed by atoms with E-state index < -0.39 is 0 Å². The van der Waals surface area contributed by atoms with Crippen molar-refractivity contribution in [3.05, 3.63) is 28.5 Å². The van der Waals surface area contributed by atoms with Gasteiger partial charge in [0.2, 0.25) is 0 Å². The molecular formula is C15H23N5S. The van der Waals surface area contributed by atoms with E-state index in [1.807, 2.05) is 17.6 Å². The molecule has 0 saturated carbocycles. The lowest BCUT2D eigenvalue weighted by molar-refractivity contribution is 0.814. The minimum absolute atomic E-state index is 0.147. The van der Waals surface area contributed by atoms with Gasteiger partial charge in [0, 0.05) is 30.6 Å². The first-order chi connectivity index (χ1) is 10.2. The number of hydrogen-bond donors (Lipinski definition) is 2. The summed E-state index contributed by atoms with van der Waals surface area (Å²) in [5.41, 5.74) is 0. The van der Waals surface area contributed by atoms with Crippen LogP contribution in [0.2, 0.25) is 0 Å². The number of aryl methyl sites for hydroxylation is 1. The smallest absolute Gasteiger partial charge is 0.133 e. The van der Waals surface area contributed by atoms with Crippen molar-refractivity contribution in [1.29, 1.82) is 0 Å². The van der Waals surface area contributed by atoms with Gasteiger partial charge < -0.3 is 10.6 Å². The third-order valence-corrected chi connectivity index (χ3v) is 3.95. The minimum Gasteiger partial charge on any atom is -0.370 e. The molecular weight excluding hydrogens is 282 g/mol. The van der Waals surface area contributed by atoms with Gasteiger partial charge in [-0.1, -0.05) is 13.8 Å². The van der Waals surface area contributed by atoms with Gasteiger partial charge in [0.1, 0.15) is 22.5 Å². The van der Waals surface area contributed by atoms with Gasteiger partial charge in [-0.15, -0.1) is 11.3 Å². The zero-order chi connectivity index (χ0) is 15.1. The SMILES string of the molecule is CCCNc1cc(NC(C)c2nccs2)nc(CCC)n1. The lowest BCUT2D eigenvalue weighted by Gasteiger charge is -2.14. The normalized spacial score (nSPS) is 12.1. The van der Waals surface area contributed by atoms with E-state index in [9.17, 15) is 0 Å². The van der Waals surface area contributed by atoms with E-state index in [0.717, 1.165) is 48.3 Å². The number of nitrogens with one attached hydrogen (secondary N) is 2. The maximum absolute atomic E-state index is 4.60. The highest BCUT2D eigenvalue weighted by atomic mass is 32.1. The lowest BCUT2D eigenvalue weighted by atomic mass is 10.3. The molecule has 0 aromatic carbocycles. The van der Waals surface area contributed by atoms with E-state index in [4.69, 9.17) is 0 Å². The van der Waals surface area contributed by atoms with E-state index in [1.165, 1.54) is 0 Å². The van der Waals surface area contributed by atoms with Gasteiger partial charge in [0.25, 0.3) is 0 Å². The van der Waals surface area contributed by atoms with Crippen LogP contribution >= 0.6 is 11.3 Å². The Morgan fingerprint density at radius 2 is 2.00 bits per heavy atom. The molecule has 6 heteroatoms. The monoisotopic (exact) mass is 305 g/mol. The molecule has 0 saturated heterocycles. The number of hydrogen-bond acceptors (Lipinski definition) is 6. The van der Waals surface area contributed by atoms with Crippen LogP contribution in [-0.4, -0.2) is 21.5 Å². The molecule has 114 valence electrons. The Bertz CT molecular complexity index is 541. The van der Waals surface area contributed by atoms with Crippen LogP contribution in [0.15, 0.2) is 17.6 Å². The molecule has 0 amide bonds. The molecule has 1 unspecified atom stereocenters. The van der Waals surface area contributed by atoms with Crippen molar-refractivity contribution >= 4 is 23.0 Å². The van der Waals surface area contributed by atoms with Crippen molar-refractivity contribution in [3.8, 4) is 0 Å². The third-order valence-electron chi connectivity index (χ3n) is 2.99. The summed E-state index contributed by atoms with van der Waals surface area (Å²) in [5.74, 6) is 2.63. The topological polar surface area (TPSA) is 62.7 Å². The largest absolute Gasteiger partial charge is 0.370 e. The highest BCUT2D eigenvalue weighted by Gasteiger charge is 2.10. The number of anilines is 2. The molecule has 2 aromatic heterocycles. The molecule has 1 atom stereocenters. The van der Waals surface area contributed by atoms with Gasteiger partial charge in [-0.05, 0) is 19.8 Å². The van der Waals surface area contributed by atoms with Crippen LogP contribution in [0.4, 0.5) is 11.6 Å². The Morgan fingerprint density at radius 1 is 1.19 bits per heavy atom. The average Bonchev–Trinajstić information content (AvgIpc) is 2.99. The second-order valence-corrected chi connectivity index (χ2v) is 5.89. The lowest BCUT2D eigenvalue weighted by Crippen LogP contribution is -2.11. The Labute approximate surface area is 130 Å². The zero-order valence-electron chi connectivity index (χ0n) is 12.9. The van der Waals surface area contributed by atoms with Crippen molar-refractivity contribution in [1.82, 2.24) is 15.0 Å². The molecule has 0 fully saturated rings. The zero-order valence-corrected chi connectivity index (χ0v) is 13.7. The summed E-state index contributed by atoms with van der Waals surface area (Å²) in [6.45, 7) is 7.30. The van der Waals surface area contributed by atoms with Crippen molar-refractivity contribution in [2.24, 2.45) is 0 Å². The van der Waals surface area contributed by atoms with Crippen molar-refractivity contribution < 1.29 is 0 Å². The molecule has 0 spiro atoms. The molecule has 21 heavy (non-hydrogen) atoms. The Morgan fingerprint density at radius 3 is 2.67 bits per heavy atom. The molecule has 5 nitrogen and oxygen atoms in total. The fourth-order valence-corrected chi connectivity index (χ4v) is 2.63. The first-order valence-electron chi connectivity index (χ1n) is 7.50. The average molecular weight is 305 g/mol. The quantitative estimate of drug-likeness (QED) is 0.775. The standard InChI is InChI=1S/C15H23N5S/c1-4-6-12-19-13(16-7-5-2)10-14(20-12)18-11(3)15-17-8-9-21-15/h8-11H,4-7H2,1-3H3,(H2,16,18,19,20). The molecule has 0 bridgehead atoms. The summed E-state index contributed by atoms with van der Waals surface area (Å²) in [7, 11) is 0. The second kappa shape index (κ2) is 7.93. The summed E-state index contributed by atoms with van der Waals surface area (Å²) < 4.78 is 0. The maximum Gasteiger partial charge on any atom is 0.133 e. The van der Waals surface area contributed by atoms with Crippen LogP contribution in [0.3, 0.4) is 0 Å². The molecule has 2 heterocycles. The molecule has 0 aliphatic rings. The number of thiazole rings is 1. The van der Waals surface area contributed by atoms with E-state index in [0.29, 0.717) is 0 Å². The number of rotatable bonds is 8. The van der Waals surface area contributed by atoms with Crippen LogP contribution in [0, 0.1) is 0 Å². The molecule has 2 rings (SSSR count). The summed E-state index contributed by atoms with van der Waals surface area (Å²) in [6.07, 6.45) is 4.83. The van der Waals surface area contributed by atoms with Crippen LogP contribution < -0.4 is 10.6 Å². The van der Waals surface area contributed by atoms with Gasteiger partial charge in [-0.2, -0.15) is 0 Å². The van der Waals surface area contributed by atoms with Crippen LogP contribution in [0.25, 0.3) is 0 Å². The Balaban J connectivity index is 2.14. The van der Waals surface area contributed by atoms with Crippen LogP contribution in [0.5, 0.6) is 0 Å². The summed E-state index contributed by atoms with van der Waals surface area (Å²) in [5, 5.41) is 9.81. The van der Waals surface area contributed by atoms with Crippen molar-refractivity contribution in [2.45, 2.75) is 46.1 Å². The van der Waals surface area contributed by atoms with Crippen molar-refractivity contribution in [2.75, 3.05) is 17.2 Å². The summed E-state index contributed by atoms with van der Waals surface area (Å²) in [6, 6.07) is 2.12. The third kappa shape index (κ3) is 4.67. The van der Waals surface area contributed by atoms with Gasteiger partial charge in [0.05, 0.1) is 6.04 Å². The Hall–Kier alpha value is -1.69. The second-order valence-electron chi connectivity index (χ2n) is 4.97. The van der Waals surface area contributed by atoms with Gasteiger partial charge in [-0.25, -0.2) is 15.0 Å². The molecule has 2 N–H and O–H groups in total. The highest BCUT2D eigenvalue weighted by Crippen LogP contribution is 2.21. The minimum atomic E-state index is 0.147. The molecule has 0 aliphatic carbocycles. The van der Waals surface area contributed by atoms with Gasteiger partial charge in [0.15, 0.2) is 0 Å². The van der Waals surface area contributed by atoms with E-state index in [2.05, 4.69) is 46.4 Å². The number of nitrogens with zero attached hydrogens (tertiary/aromatic N) is 3. The van der Waals surface area contributed by atoms with Crippen LogP contribution in [-0.2, 0) is 6.42 Å². The van der Waals surface area contributed by atoms with E-state index >= 15 is 0 Å². The van der Waals surface area contributed by atoms with Crippen molar-refractivity contribution in [3.63, 3.8) is 0 Å². The molecule has 2 aromatic rings. The van der Waals surface area contributed by atoms with Gasteiger partial charge in [-0.3, -0.25) is 0 Å².